The van der Waals surface area contributed by atoms with Gasteiger partial charge in [0.05, 0.1) is 19.1 Å². The largest absolute Gasteiger partial charge is 0.497 e. The number of carbonyl (C=O) groups is 1. The van der Waals surface area contributed by atoms with Crippen LogP contribution in [0.5, 0.6) is 5.75 Å². The zero-order valence-corrected chi connectivity index (χ0v) is 14.6. The van der Waals surface area contributed by atoms with E-state index in [9.17, 15) is 4.79 Å². The van der Waals surface area contributed by atoms with Gasteiger partial charge in [0.25, 0.3) is 0 Å². The third-order valence-electron chi connectivity index (χ3n) is 3.12. The summed E-state index contributed by atoms with van der Waals surface area (Å²) in [6.07, 6.45) is 1.69. The number of nitrogens with zero attached hydrogens (tertiary/aromatic N) is 2. The van der Waals surface area contributed by atoms with Crippen molar-refractivity contribution in [3.63, 3.8) is 0 Å². The zero-order valence-electron chi connectivity index (χ0n) is 12.9. The number of amidine groups is 1. The van der Waals surface area contributed by atoms with Gasteiger partial charge in [-0.3, -0.25) is 4.79 Å². The molecule has 0 radical (unpaired) electrons. The number of carbonyl (C=O) groups excluding carboxylic acids is 1. The van der Waals surface area contributed by atoms with Crippen LogP contribution in [0.4, 0.5) is 0 Å². The first-order valence-corrected chi connectivity index (χ1v) is 8.99. The van der Waals surface area contributed by atoms with Crippen LogP contribution < -0.4 is 10.1 Å². The van der Waals surface area contributed by atoms with Gasteiger partial charge < -0.3 is 10.1 Å². The summed E-state index contributed by atoms with van der Waals surface area (Å²) in [7, 11) is 1.66. The molecule has 0 unspecified atom stereocenters. The second-order valence-electron chi connectivity index (χ2n) is 4.81. The molecule has 0 bridgehead atoms. The molecule has 122 valence electrons. The van der Waals surface area contributed by atoms with Crippen molar-refractivity contribution in [2.75, 3.05) is 12.9 Å². The molecule has 2 aromatic rings. The minimum Gasteiger partial charge on any atom is -0.497 e. The number of methoxy groups -OCH3 is 1. The van der Waals surface area contributed by atoms with E-state index in [-0.39, 0.29) is 5.91 Å². The van der Waals surface area contributed by atoms with E-state index >= 15 is 0 Å². The summed E-state index contributed by atoms with van der Waals surface area (Å²) < 4.78 is 5.26. The van der Waals surface area contributed by atoms with E-state index in [0.717, 1.165) is 21.1 Å². The molecule has 0 atom stereocenters. The van der Waals surface area contributed by atoms with Crippen molar-refractivity contribution in [1.29, 1.82) is 0 Å². The molecule has 0 aliphatic carbocycles. The van der Waals surface area contributed by atoms with Crippen molar-refractivity contribution in [2.45, 2.75) is 9.79 Å². The predicted molar refractivity (Wildman–Crippen MR) is 99.2 cm³/mol. The molecule has 3 rings (SSSR count). The van der Waals surface area contributed by atoms with Crippen molar-refractivity contribution < 1.29 is 9.53 Å². The predicted octanol–water partition coefficient (Wildman–Crippen LogP) is 3.40. The fourth-order valence-corrected chi connectivity index (χ4v) is 3.59. The van der Waals surface area contributed by atoms with Gasteiger partial charge >= 0.3 is 0 Å². The molecule has 1 aliphatic rings. The maximum absolute atomic E-state index is 11.1. The summed E-state index contributed by atoms with van der Waals surface area (Å²) in [6.45, 7) is 0. The van der Waals surface area contributed by atoms with Crippen LogP contribution in [-0.4, -0.2) is 30.2 Å². The Morgan fingerprint density at radius 3 is 2.92 bits per heavy atom. The summed E-state index contributed by atoms with van der Waals surface area (Å²) >= 11 is 2.99. The molecule has 0 saturated carbocycles. The fraction of sp³-hybridized carbons (Fsp3) is 0.118. The number of amides is 1. The molecule has 5 nitrogen and oxygen atoms in total. The van der Waals surface area contributed by atoms with Crippen LogP contribution in [0.3, 0.4) is 0 Å². The highest BCUT2D eigenvalue weighted by Gasteiger charge is 2.15. The van der Waals surface area contributed by atoms with Gasteiger partial charge in [0.2, 0.25) is 5.91 Å². The van der Waals surface area contributed by atoms with Crippen molar-refractivity contribution in [2.24, 2.45) is 10.2 Å². The minimum atomic E-state index is -0.0390. The van der Waals surface area contributed by atoms with E-state index < -0.39 is 0 Å². The third kappa shape index (κ3) is 4.39. The number of thioether (sulfide) groups is 1. The maximum Gasteiger partial charge on any atom is 0.236 e. The number of benzene rings is 2. The zero-order chi connectivity index (χ0) is 16.8. The Bertz CT molecular complexity index is 806. The summed E-state index contributed by atoms with van der Waals surface area (Å²) in [5.41, 5.74) is 0.962. The third-order valence-corrected chi connectivity index (χ3v) is 5.06. The first kappa shape index (κ1) is 16.6. The van der Waals surface area contributed by atoms with Gasteiger partial charge in [0, 0.05) is 15.4 Å². The van der Waals surface area contributed by atoms with E-state index in [0.29, 0.717) is 10.9 Å². The average Bonchev–Trinajstić information content (AvgIpc) is 3.02. The highest BCUT2D eigenvalue weighted by atomic mass is 32.2. The first-order valence-electron chi connectivity index (χ1n) is 7.19. The molecule has 1 saturated heterocycles. The smallest absolute Gasteiger partial charge is 0.236 e. The molecule has 24 heavy (non-hydrogen) atoms. The number of nitrogens with one attached hydrogen (secondary N) is 1. The van der Waals surface area contributed by atoms with E-state index in [4.69, 9.17) is 4.74 Å². The van der Waals surface area contributed by atoms with Crippen molar-refractivity contribution in [1.82, 2.24) is 5.32 Å². The molecular weight excluding hydrogens is 342 g/mol. The normalized spacial score (nSPS) is 15.9. The Balaban J connectivity index is 1.76. The Morgan fingerprint density at radius 1 is 1.25 bits per heavy atom. The number of ether oxygens (including phenoxy) is 1. The quantitative estimate of drug-likeness (QED) is 0.658. The average molecular weight is 357 g/mol. The summed E-state index contributed by atoms with van der Waals surface area (Å²) in [5, 5.41) is 11.3. The molecule has 0 spiro atoms. The Labute approximate surface area is 148 Å². The minimum absolute atomic E-state index is 0.0390. The summed E-state index contributed by atoms with van der Waals surface area (Å²) in [5.74, 6) is 1.19. The van der Waals surface area contributed by atoms with Crippen LogP contribution in [0.25, 0.3) is 0 Å². The van der Waals surface area contributed by atoms with Crippen molar-refractivity contribution in [3.05, 3.63) is 54.1 Å². The Kier molecular flexibility index (Phi) is 5.55. The molecule has 7 heteroatoms. The van der Waals surface area contributed by atoms with Crippen LogP contribution >= 0.6 is 23.5 Å². The van der Waals surface area contributed by atoms with Gasteiger partial charge in [-0.2, -0.15) is 5.10 Å². The monoisotopic (exact) mass is 357 g/mol. The topological polar surface area (TPSA) is 63.1 Å². The van der Waals surface area contributed by atoms with Crippen LogP contribution in [0.15, 0.2) is 68.5 Å². The van der Waals surface area contributed by atoms with Crippen molar-refractivity contribution in [3.8, 4) is 5.75 Å². The highest BCUT2D eigenvalue weighted by molar-refractivity contribution is 8.15. The van der Waals surface area contributed by atoms with Gasteiger partial charge in [-0.1, -0.05) is 47.8 Å². The number of hydrogen-bond acceptors (Lipinski definition) is 6. The second kappa shape index (κ2) is 8.03. The van der Waals surface area contributed by atoms with Gasteiger partial charge in [0.15, 0.2) is 5.17 Å². The lowest BCUT2D eigenvalue weighted by Gasteiger charge is -2.06. The maximum atomic E-state index is 11.1. The van der Waals surface area contributed by atoms with Crippen LogP contribution in [0, 0.1) is 0 Å². The Hall–Kier alpha value is -2.25. The molecule has 1 amide bonds. The van der Waals surface area contributed by atoms with Gasteiger partial charge in [-0.25, -0.2) is 0 Å². The van der Waals surface area contributed by atoms with E-state index in [1.54, 1.807) is 25.1 Å². The summed E-state index contributed by atoms with van der Waals surface area (Å²) in [4.78, 5) is 13.3. The molecule has 1 heterocycles. The van der Waals surface area contributed by atoms with E-state index in [1.807, 2.05) is 48.5 Å². The molecule has 1 fully saturated rings. The fourth-order valence-electron chi connectivity index (χ4n) is 1.99. The lowest BCUT2D eigenvalue weighted by atomic mass is 10.2. The molecule has 1 aliphatic heterocycles. The van der Waals surface area contributed by atoms with Crippen LogP contribution in [0.2, 0.25) is 0 Å². The van der Waals surface area contributed by atoms with Gasteiger partial charge in [-0.05, 0) is 24.3 Å². The molecule has 0 aromatic heterocycles. The Morgan fingerprint density at radius 2 is 2.12 bits per heavy atom. The van der Waals surface area contributed by atoms with Gasteiger partial charge in [0.1, 0.15) is 5.75 Å². The standard InChI is InChI=1S/C17H15N3O2S2/c1-22-13-6-4-7-14(9-13)24-15-8-3-2-5-12(15)10-18-20-17-19-16(21)11-23-17/h2-10H,11H2,1H3,(H,19,20,21). The number of hydrogen-bond donors (Lipinski definition) is 1. The molecule has 2 aromatic carbocycles. The van der Waals surface area contributed by atoms with E-state index in [2.05, 4.69) is 15.5 Å². The SMILES string of the molecule is COc1cccc(Sc2ccccc2C=NN=C2NC(=O)CS2)c1. The van der Waals surface area contributed by atoms with Crippen LogP contribution in [-0.2, 0) is 4.79 Å². The van der Waals surface area contributed by atoms with E-state index in [1.165, 1.54) is 11.8 Å². The first-order chi connectivity index (χ1) is 11.7. The summed E-state index contributed by atoms with van der Waals surface area (Å²) in [6, 6.07) is 15.9. The van der Waals surface area contributed by atoms with Crippen LogP contribution in [0.1, 0.15) is 5.56 Å². The van der Waals surface area contributed by atoms with Gasteiger partial charge in [-0.15, -0.1) is 5.10 Å². The second-order valence-corrected chi connectivity index (χ2v) is 6.88. The lowest BCUT2D eigenvalue weighted by Crippen LogP contribution is -2.19. The lowest BCUT2D eigenvalue weighted by molar-refractivity contribution is -0.116. The van der Waals surface area contributed by atoms with Crippen molar-refractivity contribution >= 4 is 40.8 Å². The molecule has 1 N–H and O–H groups in total. The highest BCUT2D eigenvalue weighted by Crippen LogP contribution is 2.31. The number of rotatable bonds is 5. The molecular formula is C17H15N3O2S2.